The van der Waals surface area contributed by atoms with E-state index < -0.39 is 10.0 Å². The molecule has 1 aromatic heterocycles. The van der Waals surface area contributed by atoms with E-state index >= 15 is 0 Å². The van der Waals surface area contributed by atoms with Crippen LogP contribution in [0.15, 0.2) is 18.5 Å². The lowest BCUT2D eigenvalue weighted by Crippen LogP contribution is -2.47. The molecule has 0 spiro atoms. The van der Waals surface area contributed by atoms with E-state index in [1.165, 1.54) is 23.0 Å². The summed E-state index contributed by atoms with van der Waals surface area (Å²) in [6.07, 6.45) is 5.45. The highest BCUT2D eigenvalue weighted by molar-refractivity contribution is 7.88. The van der Waals surface area contributed by atoms with E-state index in [0.29, 0.717) is 25.9 Å². The Balaban J connectivity index is 1.79. The van der Waals surface area contributed by atoms with Crippen molar-refractivity contribution in [3.05, 3.63) is 18.5 Å². The predicted octanol–water partition coefficient (Wildman–Crippen LogP) is 0.0221. The van der Waals surface area contributed by atoms with Gasteiger partial charge in [0.2, 0.25) is 16.0 Å². The van der Waals surface area contributed by atoms with Gasteiger partial charge in [0.25, 0.3) is 0 Å². The lowest BCUT2D eigenvalue weighted by atomic mass is 10.1. The molecule has 2 rings (SSSR count). The number of carbonyl (C=O) groups is 1. The summed E-state index contributed by atoms with van der Waals surface area (Å²) < 4.78 is 24.2. The molecule has 0 bridgehead atoms. The Morgan fingerprint density at radius 3 is 2.45 bits per heavy atom. The van der Waals surface area contributed by atoms with E-state index in [1.807, 2.05) is 0 Å². The van der Waals surface area contributed by atoms with Crippen molar-refractivity contribution in [3.8, 4) is 0 Å². The first kappa shape index (κ1) is 14.7. The zero-order valence-corrected chi connectivity index (χ0v) is 11.9. The summed E-state index contributed by atoms with van der Waals surface area (Å²) in [6.45, 7) is 0.844. The summed E-state index contributed by atoms with van der Waals surface area (Å²) in [7, 11) is -3.14. The maximum atomic E-state index is 11.7. The average molecular weight is 299 g/mol. The Morgan fingerprint density at radius 1 is 1.30 bits per heavy atom. The van der Waals surface area contributed by atoms with Gasteiger partial charge in [-0.3, -0.25) is 5.32 Å². The van der Waals surface area contributed by atoms with E-state index in [-0.39, 0.29) is 18.0 Å². The van der Waals surface area contributed by atoms with E-state index in [4.69, 9.17) is 0 Å². The summed E-state index contributed by atoms with van der Waals surface area (Å²) >= 11 is 0. The summed E-state index contributed by atoms with van der Waals surface area (Å²) in [5.41, 5.74) is 0. The Labute approximate surface area is 117 Å². The molecule has 0 saturated carbocycles. The SMILES string of the molecule is CS(=O)(=O)N1CCC(NC(=O)Nc2ncccn2)CC1. The molecule has 1 aromatic rings. The van der Waals surface area contributed by atoms with E-state index in [0.717, 1.165) is 0 Å². The van der Waals surface area contributed by atoms with Crippen LogP contribution in [0.5, 0.6) is 0 Å². The molecule has 0 unspecified atom stereocenters. The number of amides is 2. The van der Waals surface area contributed by atoms with Gasteiger partial charge in [0.05, 0.1) is 6.26 Å². The number of rotatable bonds is 3. The lowest BCUT2D eigenvalue weighted by molar-refractivity contribution is 0.238. The number of hydrogen-bond donors (Lipinski definition) is 2. The topological polar surface area (TPSA) is 104 Å². The zero-order valence-electron chi connectivity index (χ0n) is 11.1. The van der Waals surface area contributed by atoms with Crippen molar-refractivity contribution in [2.24, 2.45) is 0 Å². The minimum Gasteiger partial charge on any atom is -0.335 e. The number of aromatic nitrogens is 2. The van der Waals surface area contributed by atoms with Gasteiger partial charge in [0, 0.05) is 31.5 Å². The van der Waals surface area contributed by atoms with E-state index in [2.05, 4.69) is 20.6 Å². The molecule has 2 N–H and O–H groups in total. The van der Waals surface area contributed by atoms with Crippen LogP contribution in [0.4, 0.5) is 10.7 Å². The van der Waals surface area contributed by atoms with Crippen LogP contribution >= 0.6 is 0 Å². The molecule has 1 aliphatic heterocycles. The van der Waals surface area contributed by atoms with Crippen molar-refractivity contribution in [1.29, 1.82) is 0 Å². The molecule has 1 aliphatic rings. The van der Waals surface area contributed by atoms with Crippen molar-refractivity contribution in [2.75, 3.05) is 24.7 Å². The molecule has 0 radical (unpaired) electrons. The summed E-state index contributed by atoms with van der Waals surface area (Å²) in [6, 6.07) is 1.23. The molecule has 2 heterocycles. The second kappa shape index (κ2) is 6.14. The third-order valence-corrected chi connectivity index (χ3v) is 4.35. The van der Waals surface area contributed by atoms with Gasteiger partial charge >= 0.3 is 6.03 Å². The summed E-state index contributed by atoms with van der Waals surface area (Å²) in [5, 5.41) is 5.31. The fraction of sp³-hybridized carbons (Fsp3) is 0.545. The highest BCUT2D eigenvalue weighted by Crippen LogP contribution is 2.13. The molecule has 1 saturated heterocycles. The molecule has 9 heteroatoms. The fourth-order valence-corrected chi connectivity index (χ4v) is 2.89. The van der Waals surface area contributed by atoms with Crippen LogP contribution in [0.25, 0.3) is 0 Å². The molecule has 0 aliphatic carbocycles. The van der Waals surface area contributed by atoms with E-state index in [9.17, 15) is 13.2 Å². The Bertz CT molecular complexity index is 555. The number of carbonyl (C=O) groups excluding carboxylic acids is 1. The second-order valence-electron chi connectivity index (χ2n) is 4.61. The maximum absolute atomic E-state index is 11.7. The Hall–Kier alpha value is -1.74. The van der Waals surface area contributed by atoms with Crippen LogP contribution in [0.3, 0.4) is 0 Å². The largest absolute Gasteiger partial charge is 0.335 e. The van der Waals surface area contributed by atoms with Gasteiger partial charge in [-0.15, -0.1) is 0 Å². The lowest BCUT2D eigenvalue weighted by Gasteiger charge is -2.30. The number of nitrogens with zero attached hydrogens (tertiary/aromatic N) is 3. The average Bonchev–Trinajstić information content (AvgIpc) is 2.39. The Kier molecular flexibility index (Phi) is 4.50. The van der Waals surface area contributed by atoms with Crippen molar-refractivity contribution >= 4 is 22.0 Å². The first-order valence-electron chi connectivity index (χ1n) is 6.25. The molecule has 2 amide bonds. The van der Waals surface area contributed by atoms with E-state index in [1.54, 1.807) is 6.07 Å². The minimum atomic E-state index is -3.14. The third kappa shape index (κ3) is 4.14. The quantitative estimate of drug-likeness (QED) is 0.819. The van der Waals surface area contributed by atoms with Gasteiger partial charge in [0.1, 0.15) is 0 Å². The van der Waals surface area contributed by atoms with Gasteiger partial charge in [-0.05, 0) is 18.9 Å². The second-order valence-corrected chi connectivity index (χ2v) is 6.59. The van der Waals surface area contributed by atoms with Gasteiger partial charge in [-0.1, -0.05) is 0 Å². The molecular formula is C11H17N5O3S. The van der Waals surface area contributed by atoms with Crippen LogP contribution in [0.2, 0.25) is 0 Å². The van der Waals surface area contributed by atoms with Crippen LogP contribution < -0.4 is 10.6 Å². The first-order valence-corrected chi connectivity index (χ1v) is 8.09. The molecule has 110 valence electrons. The summed E-state index contributed by atoms with van der Waals surface area (Å²) in [4.78, 5) is 19.5. The number of hydrogen-bond acceptors (Lipinski definition) is 5. The standard InChI is InChI=1S/C11H17N5O3S/c1-20(18,19)16-7-3-9(4-8-16)14-11(17)15-10-12-5-2-6-13-10/h2,5-6,9H,3-4,7-8H2,1H3,(H2,12,13,14,15,17). The minimum absolute atomic E-state index is 0.0447. The third-order valence-electron chi connectivity index (χ3n) is 3.05. The van der Waals surface area contributed by atoms with Crippen LogP contribution in [0, 0.1) is 0 Å². The van der Waals surface area contributed by atoms with Crippen LogP contribution in [0.1, 0.15) is 12.8 Å². The molecule has 8 nitrogen and oxygen atoms in total. The molecule has 20 heavy (non-hydrogen) atoms. The number of urea groups is 1. The summed E-state index contributed by atoms with van der Waals surface area (Å²) in [5.74, 6) is 0.235. The van der Waals surface area contributed by atoms with Gasteiger partial charge in [0.15, 0.2) is 0 Å². The van der Waals surface area contributed by atoms with Crippen LogP contribution in [-0.4, -0.2) is 54.1 Å². The van der Waals surface area contributed by atoms with Crippen molar-refractivity contribution in [2.45, 2.75) is 18.9 Å². The smallest absolute Gasteiger partial charge is 0.321 e. The number of anilines is 1. The normalized spacial score (nSPS) is 17.6. The first-order chi connectivity index (χ1) is 9.45. The monoisotopic (exact) mass is 299 g/mol. The highest BCUT2D eigenvalue weighted by atomic mass is 32.2. The van der Waals surface area contributed by atoms with Crippen molar-refractivity contribution in [3.63, 3.8) is 0 Å². The van der Waals surface area contributed by atoms with Crippen molar-refractivity contribution < 1.29 is 13.2 Å². The number of sulfonamides is 1. The maximum Gasteiger partial charge on any atom is 0.321 e. The molecular weight excluding hydrogens is 282 g/mol. The molecule has 0 atom stereocenters. The van der Waals surface area contributed by atoms with Gasteiger partial charge in [-0.2, -0.15) is 0 Å². The van der Waals surface area contributed by atoms with Gasteiger partial charge < -0.3 is 5.32 Å². The van der Waals surface area contributed by atoms with Gasteiger partial charge in [-0.25, -0.2) is 27.5 Å². The van der Waals surface area contributed by atoms with Crippen LogP contribution in [-0.2, 0) is 10.0 Å². The highest BCUT2D eigenvalue weighted by Gasteiger charge is 2.25. The molecule has 0 aromatic carbocycles. The fourth-order valence-electron chi connectivity index (χ4n) is 2.02. The zero-order chi connectivity index (χ0) is 14.6. The Morgan fingerprint density at radius 2 is 1.90 bits per heavy atom. The number of piperidine rings is 1. The molecule has 1 fully saturated rings. The number of nitrogens with one attached hydrogen (secondary N) is 2. The van der Waals surface area contributed by atoms with Crippen molar-refractivity contribution in [1.82, 2.24) is 19.6 Å². The predicted molar refractivity (Wildman–Crippen MR) is 73.6 cm³/mol.